The number of para-hydroxylation sites is 1. The van der Waals surface area contributed by atoms with Gasteiger partial charge in [-0.3, -0.25) is 24.6 Å². The van der Waals surface area contributed by atoms with E-state index in [0.717, 1.165) is 40.9 Å². The van der Waals surface area contributed by atoms with Gasteiger partial charge in [-0.05, 0) is 60.9 Å². The molecule has 2 fully saturated rings. The van der Waals surface area contributed by atoms with E-state index < -0.39 is 16.1 Å². The minimum absolute atomic E-state index is 0.103. The third-order valence-corrected chi connectivity index (χ3v) is 6.31. The maximum atomic E-state index is 12.8. The lowest BCUT2D eigenvalue weighted by Gasteiger charge is -2.18. The number of nitrogens with zero attached hydrogens (tertiary/aromatic N) is 3. The van der Waals surface area contributed by atoms with Crippen LogP contribution in [0.1, 0.15) is 29.5 Å². The van der Waals surface area contributed by atoms with Crippen LogP contribution in [0.3, 0.4) is 0 Å². The fourth-order valence-corrected chi connectivity index (χ4v) is 4.59. The van der Waals surface area contributed by atoms with Gasteiger partial charge < -0.3 is 4.90 Å². The maximum absolute atomic E-state index is 12.8. The van der Waals surface area contributed by atoms with Gasteiger partial charge >= 0.3 is 0 Å². The first-order chi connectivity index (χ1) is 14.4. The molecular formula is C22H21N3O4S. The van der Waals surface area contributed by atoms with Crippen LogP contribution in [0, 0.1) is 17.0 Å². The second kappa shape index (κ2) is 8.31. The van der Waals surface area contributed by atoms with Crippen LogP contribution in [-0.4, -0.2) is 34.1 Å². The van der Waals surface area contributed by atoms with Gasteiger partial charge in [0.1, 0.15) is 0 Å². The van der Waals surface area contributed by atoms with Crippen LogP contribution < -0.4 is 4.90 Å². The molecule has 154 valence electrons. The number of hydrogen-bond acceptors (Lipinski definition) is 6. The van der Waals surface area contributed by atoms with E-state index >= 15 is 0 Å². The molecule has 0 bridgehead atoms. The molecule has 2 amide bonds. The molecule has 4 rings (SSSR count). The Labute approximate surface area is 178 Å². The zero-order valence-corrected chi connectivity index (χ0v) is 17.4. The first-order valence-corrected chi connectivity index (χ1v) is 10.6. The van der Waals surface area contributed by atoms with Crippen LogP contribution >= 0.6 is 11.8 Å². The second-order valence-electron chi connectivity index (χ2n) is 7.39. The molecule has 0 N–H and O–H groups in total. The van der Waals surface area contributed by atoms with Crippen molar-refractivity contribution >= 4 is 40.4 Å². The highest BCUT2D eigenvalue weighted by Crippen LogP contribution is 2.35. The summed E-state index contributed by atoms with van der Waals surface area (Å²) in [6.07, 6.45) is 4.13. The Morgan fingerprint density at radius 3 is 2.57 bits per heavy atom. The number of carbonyl (C=O) groups is 2. The smallest absolute Gasteiger partial charge is 0.293 e. The molecule has 2 aromatic rings. The molecule has 2 heterocycles. The van der Waals surface area contributed by atoms with E-state index in [4.69, 9.17) is 0 Å². The van der Waals surface area contributed by atoms with Gasteiger partial charge in [0.15, 0.2) is 0 Å². The van der Waals surface area contributed by atoms with E-state index in [2.05, 4.69) is 11.0 Å². The minimum Gasteiger partial charge on any atom is -0.372 e. The molecule has 0 saturated carbocycles. The van der Waals surface area contributed by atoms with Crippen molar-refractivity contribution in [1.82, 2.24) is 4.90 Å². The number of benzene rings is 2. The van der Waals surface area contributed by atoms with Crippen LogP contribution in [0.15, 0.2) is 47.4 Å². The van der Waals surface area contributed by atoms with E-state index in [0.29, 0.717) is 10.5 Å². The van der Waals surface area contributed by atoms with Crippen molar-refractivity contribution in [1.29, 1.82) is 0 Å². The lowest BCUT2D eigenvalue weighted by molar-refractivity contribution is -0.385. The van der Waals surface area contributed by atoms with Gasteiger partial charge in [0.05, 0.1) is 16.4 Å². The highest BCUT2D eigenvalue weighted by Gasteiger charge is 2.36. The number of nitro groups is 1. The Bertz CT molecular complexity index is 1060. The van der Waals surface area contributed by atoms with Crippen LogP contribution in [-0.2, 0) is 11.3 Å². The highest BCUT2D eigenvalue weighted by atomic mass is 32.2. The monoisotopic (exact) mass is 423 g/mol. The van der Waals surface area contributed by atoms with E-state index in [1.165, 1.54) is 24.6 Å². The Hall–Kier alpha value is -3.13. The van der Waals surface area contributed by atoms with Gasteiger partial charge in [0.25, 0.3) is 16.8 Å². The van der Waals surface area contributed by atoms with Crippen molar-refractivity contribution in [3.63, 3.8) is 0 Å². The van der Waals surface area contributed by atoms with Gasteiger partial charge in [-0.15, -0.1) is 0 Å². The Kier molecular flexibility index (Phi) is 5.59. The standard InChI is InChI=1S/C22H21N3O4S/c1-15-12-18(23-10-4-5-11-23)9-8-16(15)13-20-21(26)24(22(27)30-20)14-17-6-2-3-7-19(17)25(28)29/h2-3,6-9,12-13H,4-5,10-11,14H2,1H3/b20-13+. The molecule has 0 atom stereocenters. The van der Waals surface area contributed by atoms with E-state index in [9.17, 15) is 19.7 Å². The van der Waals surface area contributed by atoms with E-state index in [-0.39, 0.29) is 12.2 Å². The molecular weight excluding hydrogens is 402 g/mol. The summed E-state index contributed by atoms with van der Waals surface area (Å²) < 4.78 is 0. The molecule has 0 spiro atoms. The first kappa shape index (κ1) is 20.2. The summed E-state index contributed by atoms with van der Waals surface area (Å²) in [5, 5.41) is 10.8. The molecule has 0 aliphatic carbocycles. The quantitative estimate of drug-likeness (QED) is 0.392. The Morgan fingerprint density at radius 2 is 1.87 bits per heavy atom. The van der Waals surface area contributed by atoms with Gasteiger partial charge in [-0.2, -0.15) is 0 Å². The normalized spacial score (nSPS) is 18.0. The Morgan fingerprint density at radius 1 is 1.13 bits per heavy atom. The van der Waals surface area contributed by atoms with Gasteiger partial charge in [0.2, 0.25) is 0 Å². The lowest BCUT2D eigenvalue weighted by Crippen LogP contribution is -2.27. The number of thioether (sulfide) groups is 1. The van der Waals surface area contributed by atoms with Crippen LogP contribution in [0.25, 0.3) is 6.08 Å². The summed E-state index contributed by atoms with van der Waals surface area (Å²) in [4.78, 5) is 39.7. The summed E-state index contributed by atoms with van der Waals surface area (Å²) >= 11 is 0.867. The number of rotatable bonds is 5. The minimum atomic E-state index is -0.504. The van der Waals surface area contributed by atoms with Crippen LogP contribution in [0.4, 0.5) is 16.2 Å². The number of nitro benzene ring substituents is 1. The fraction of sp³-hybridized carbons (Fsp3) is 0.273. The topological polar surface area (TPSA) is 83.8 Å². The Balaban J connectivity index is 1.55. The average Bonchev–Trinajstić information content (AvgIpc) is 3.35. The highest BCUT2D eigenvalue weighted by molar-refractivity contribution is 8.18. The van der Waals surface area contributed by atoms with Gasteiger partial charge in [0, 0.05) is 30.4 Å². The third-order valence-electron chi connectivity index (χ3n) is 5.40. The molecule has 2 saturated heterocycles. The summed E-state index contributed by atoms with van der Waals surface area (Å²) in [5.74, 6) is -0.425. The predicted octanol–water partition coefficient (Wildman–Crippen LogP) is 4.74. The number of aryl methyl sites for hydroxylation is 1. The largest absolute Gasteiger partial charge is 0.372 e. The molecule has 30 heavy (non-hydrogen) atoms. The maximum Gasteiger partial charge on any atom is 0.293 e. The van der Waals surface area contributed by atoms with Crippen molar-refractivity contribution in [3.05, 3.63) is 74.2 Å². The number of amides is 2. The van der Waals surface area contributed by atoms with Crippen molar-refractivity contribution in [2.45, 2.75) is 26.3 Å². The molecule has 2 aliphatic heterocycles. The molecule has 0 aromatic heterocycles. The van der Waals surface area contributed by atoms with Crippen LogP contribution in [0.5, 0.6) is 0 Å². The molecule has 2 aliphatic rings. The van der Waals surface area contributed by atoms with Crippen LogP contribution in [0.2, 0.25) is 0 Å². The number of imide groups is 1. The van der Waals surface area contributed by atoms with Gasteiger partial charge in [-0.25, -0.2) is 0 Å². The molecule has 0 unspecified atom stereocenters. The van der Waals surface area contributed by atoms with Crippen molar-refractivity contribution < 1.29 is 14.5 Å². The number of carbonyl (C=O) groups excluding carboxylic acids is 2. The first-order valence-electron chi connectivity index (χ1n) is 9.77. The van der Waals surface area contributed by atoms with Crippen molar-refractivity contribution in [2.75, 3.05) is 18.0 Å². The van der Waals surface area contributed by atoms with Gasteiger partial charge in [-0.1, -0.05) is 24.3 Å². The molecule has 0 radical (unpaired) electrons. The second-order valence-corrected chi connectivity index (χ2v) is 8.38. The fourth-order valence-electron chi connectivity index (χ4n) is 3.76. The SMILES string of the molecule is Cc1cc(N2CCCC2)ccc1/C=C1/SC(=O)N(Cc2ccccc2[N+](=O)[O-])C1=O. The van der Waals surface area contributed by atoms with E-state index in [1.54, 1.807) is 24.3 Å². The zero-order valence-electron chi connectivity index (χ0n) is 16.5. The summed E-state index contributed by atoms with van der Waals surface area (Å²) in [6, 6.07) is 12.3. The average molecular weight is 423 g/mol. The molecule has 7 nitrogen and oxygen atoms in total. The summed E-state index contributed by atoms with van der Waals surface area (Å²) in [7, 11) is 0. The number of hydrogen-bond donors (Lipinski definition) is 0. The molecule has 2 aromatic carbocycles. The predicted molar refractivity (Wildman–Crippen MR) is 117 cm³/mol. The van der Waals surface area contributed by atoms with Crippen molar-refractivity contribution in [2.24, 2.45) is 0 Å². The summed E-state index contributed by atoms with van der Waals surface area (Å²) in [6.45, 7) is 3.99. The molecule has 8 heteroatoms. The third kappa shape index (κ3) is 3.95. The van der Waals surface area contributed by atoms with E-state index in [1.807, 2.05) is 19.1 Å². The number of anilines is 1. The zero-order chi connectivity index (χ0) is 21.3. The lowest BCUT2D eigenvalue weighted by atomic mass is 10.1. The van der Waals surface area contributed by atoms with Crippen molar-refractivity contribution in [3.8, 4) is 0 Å². The summed E-state index contributed by atoms with van der Waals surface area (Å²) in [5.41, 5.74) is 3.32.